The third-order valence-electron chi connectivity index (χ3n) is 5.03. The number of carbonyl (C=O) groups is 2. The molecule has 32 heavy (non-hydrogen) atoms. The van der Waals surface area contributed by atoms with Crippen LogP contribution in [0.1, 0.15) is 18.1 Å². The molecular formula is C22H28ClN3O5S. The maximum atomic E-state index is 13.3. The highest BCUT2D eigenvalue weighted by atomic mass is 35.5. The van der Waals surface area contributed by atoms with Gasteiger partial charge in [-0.3, -0.25) is 13.9 Å². The molecule has 2 amide bonds. The van der Waals surface area contributed by atoms with E-state index in [4.69, 9.17) is 16.3 Å². The third-order valence-corrected chi connectivity index (χ3v) is 6.39. The number of halogens is 1. The SMILES string of the molecule is CNC(=O)[C@@H](C)N(Cc1ccc(OC)cc1)C(=O)CN(c1ccc(Cl)cc1C)S(C)(=O)=O. The zero-order chi connectivity index (χ0) is 24.1. The van der Waals surface area contributed by atoms with Crippen LogP contribution in [0.15, 0.2) is 42.5 Å². The van der Waals surface area contributed by atoms with Crippen LogP contribution in [0.4, 0.5) is 5.69 Å². The number of sulfonamides is 1. The van der Waals surface area contributed by atoms with E-state index < -0.39 is 28.5 Å². The van der Waals surface area contributed by atoms with Gasteiger partial charge in [-0.25, -0.2) is 8.42 Å². The summed E-state index contributed by atoms with van der Waals surface area (Å²) < 4.78 is 31.3. The molecule has 0 bridgehead atoms. The fourth-order valence-corrected chi connectivity index (χ4v) is 4.35. The van der Waals surface area contributed by atoms with Crippen molar-refractivity contribution in [3.8, 4) is 5.75 Å². The second-order valence-corrected chi connectivity index (χ2v) is 9.70. The van der Waals surface area contributed by atoms with E-state index >= 15 is 0 Å². The molecule has 2 aromatic carbocycles. The summed E-state index contributed by atoms with van der Waals surface area (Å²) in [4.78, 5) is 27.0. The van der Waals surface area contributed by atoms with Gasteiger partial charge in [0.05, 0.1) is 19.1 Å². The minimum Gasteiger partial charge on any atom is -0.497 e. The molecule has 2 rings (SSSR count). The van der Waals surface area contributed by atoms with Gasteiger partial charge in [0, 0.05) is 18.6 Å². The van der Waals surface area contributed by atoms with Gasteiger partial charge in [-0.05, 0) is 55.3 Å². The van der Waals surface area contributed by atoms with Gasteiger partial charge in [0.2, 0.25) is 21.8 Å². The number of amides is 2. The average Bonchev–Trinajstić information content (AvgIpc) is 2.74. The Morgan fingerprint density at radius 1 is 1.16 bits per heavy atom. The van der Waals surface area contributed by atoms with Gasteiger partial charge in [0.15, 0.2) is 0 Å². The predicted molar refractivity (Wildman–Crippen MR) is 125 cm³/mol. The lowest BCUT2D eigenvalue weighted by atomic mass is 10.1. The van der Waals surface area contributed by atoms with Crippen LogP contribution in [0, 0.1) is 6.92 Å². The fourth-order valence-electron chi connectivity index (χ4n) is 3.21. The highest BCUT2D eigenvalue weighted by Gasteiger charge is 2.30. The smallest absolute Gasteiger partial charge is 0.244 e. The maximum absolute atomic E-state index is 13.3. The molecule has 0 heterocycles. The van der Waals surface area contributed by atoms with E-state index in [9.17, 15) is 18.0 Å². The Hall–Kier alpha value is -2.78. The summed E-state index contributed by atoms with van der Waals surface area (Å²) in [6, 6.07) is 11.0. The number of hydrogen-bond acceptors (Lipinski definition) is 5. The number of anilines is 1. The Balaban J connectivity index is 2.39. The van der Waals surface area contributed by atoms with Gasteiger partial charge >= 0.3 is 0 Å². The Labute approximate surface area is 194 Å². The lowest BCUT2D eigenvalue weighted by Gasteiger charge is -2.31. The van der Waals surface area contributed by atoms with Crippen LogP contribution in [-0.4, -0.2) is 58.1 Å². The zero-order valence-corrected chi connectivity index (χ0v) is 20.3. The molecular weight excluding hydrogens is 454 g/mol. The van der Waals surface area contributed by atoms with Crippen molar-refractivity contribution in [3.05, 3.63) is 58.6 Å². The van der Waals surface area contributed by atoms with Crippen LogP contribution in [0.3, 0.4) is 0 Å². The maximum Gasteiger partial charge on any atom is 0.244 e. The van der Waals surface area contributed by atoms with Crippen LogP contribution in [-0.2, 0) is 26.2 Å². The number of hydrogen-bond donors (Lipinski definition) is 1. The largest absolute Gasteiger partial charge is 0.497 e. The molecule has 174 valence electrons. The summed E-state index contributed by atoms with van der Waals surface area (Å²) in [5.41, 5.74) is 1.72. The van der Waals surface area contributed by atoms with Crippen molar-refractivity contribution in [1.82, 2.24) is 10.2 Å². The van der Waals surface area contributed by atoms with Crippen molar-refractivity contribution in [2.75, 3.05) is 31.3 Å². The predicted octanol–water partition coefficient (Wildman–Crippen LogP) is 2.59. The van der Waals surface area contributed by atoms with Crippen LogP contribution < -0.4 is 14.4 Å². The number of benzene rings is 2. The van der Waals surface area contributed by atoms with E-state index in [0.29, 0.717) is 22.0 Å². The van der Waals surface area contributed by atoms with E-state index in [-0.39, 0.29) is 12.5 Å². The highest BCUT2D eigenvalue weighted by Crippen LogP contribution is 2.26. The monoisotopic (exact) mass is 481 g/mol. The van der Waals surface area contributed by atoms with Crippen LogP contribution in [0.2, 0.25) is 5.02 Å². The minimum absolute atomic E-state index is 0.120. The molecule has 0 aromatic heterocycles. The van der Waals surface area contributed by atoms with Gasteiger partial charge < -0.3 is 15.0 Å². The molecule has 1 atom stereocenters. The standard InChI is InChI=1S/C22H28ClN3O5S/c1-15-12-18(23)8-11-20(15)26(32(5,29)30)14-21(27)25(16(2)22(28)24-3)13-17-6-9-19(31-4)10-7-17/h6-12,16H,13-14H2,1-5H3,(H,24,28)/t16-/m1/s1. The summed E-state index contributed by atoms with van der Waals surface area (Å²) in [5.74, 6) is -0.218. The lowest BCUT2D eigenvalue weighted by Crippen LogP contribution is -2.50. The summed E-state index contributed by atoms with van der Waals surface area (Å²) in [7, 11) is -0.756. The molecule has 0 aliphatic carbocycles. The molecule has 0 aliphatic heterocycles. The van der Waals surface area contributed by atoms with E-state index in [1.807, 2.05) is 0 Å². The average molecular weight is 482 g/mol. The van der Waals surface area contributed by atoms with Crippen molar-refractivity contribution < 1.29 is 22.7 Å². The first-order valence-electron chi connectivity index (χ1n) is 9.85. The third kappa shape index (κ3) is 6.37. The first kappa shape index (κ1) is 25.5. The second-order valence-electron chi connectivity index (χ2n) is 7.36. The number of likely N-dealkylation sites (N-methyl/N-ethyl adjacent to an activating group) is 1. The van der Waals surface area contributed by atoms with E-state index in [2.05, 4.69) is 5.32 Å². The Kier molecular flexibility index (Phi) is 8.51. The Bertz CT molecular complexity index is 1070. The van der Waals surface area contributed by atoms with Gasteiger partial charge in [-0.15, -0.1) is 0 Å². The molecule has 0 saturated heterocycles. The van der Waals surface area contributed by atoms with Crippen molar-refractivity contribution in [3.63, 3.8) is 0 Å². The zero-order valence-electron chi connectivity index (χ0n) is 18.8. The number of nitrogens with zero attached hydrogens (tertiary/aromatic N) is 2. The number of nitrogens with one attached hydrogen (secondary N) is 1. The molecule has 1 N–H and O–H groups in total. The van der Waals surface area contributed by atoms with Crippen molar-refractivity contribution in [2.24, 2.45) is 0 Å². The molecule has 0 fully saturated rings. The van der Waals surface area contributed by atoms with Gasteiger partial charge in [-0.1, -0.05) is 23.7 Å². The quantitative estimate of drug-likeness (QED) is 0.594. The number of methoxy groups -OCH3 is 1. The molecule has 0 radical (unpaired) electrons. The molecule has 2 aromatic rings. The Morgan fingerprint density at radius 2 is 1.78 bits per heavy atom. The molecule has 0 aliphatic rings. The number of ether oxygens (including phenoxy) is 1. The number of aryl methyl sites for hydroxylation is 1. The summed E-state index contributed by atoms with van der Waals surface area (Å²) in [6.07, 6.45) is 1.03. The molecule has 8 nitrogen and oxygen atoms in total. The molecule has 0 spiro atoms. The van der Waals surface area contributed by atoms with Crippen LogP contribution >= 0.6 is 11.6 Å². The van der Waals surface area contributed by atoms with Gasteiger partial charge in [-0.2, -0.15) is 0 Å². The normalized spacial score (nSPS) is 12.1. The summed E-state index contributed by atoms with van der Waals surface area (Å²) in [6.45, 7) is 2.97. The van der Waals surface area contributed by atoms with E-state index in [1.165, 1.54) is 11.9 Å². The first-order chi connectivity index (χ1) is 15.0. The summed E-state index contributed by atoms with van der Waals surface area (Å²) >= 11 is 6.00. The minimum atomic E-state index is -3.79. The molecule has 0 saturated carbocycles. The van der Waals surface area contributed by atoms with Crippen molar-refractivity contribution in [2.45, 2.75) is 26.4 Å². The fraction of sp³-hybridized carbons (Fsp3) is 0.364. The second kappa shape index (κ2) is 10.7. The number of rotatable bonds is 9. The topological polar surface area (TPSA) is 96.0 Å². The van der Waals surface area contributed by atoms with Gasteiger partial charge in [0.25, 0.3) is 0 Å². The van der Waals surface area contributed by atoms with Crippen LogP contribution in [0.25, 0.3) is 0 Å². The molecule has 0 unspecified atom stereocenters. The number of carbonyl (C=O) groups excluding carboxylic acids is 2. The van der Waals surface area contributed by atoms with E-state index in [0.717, 1.165) is 16.1 Å². The van der Waals surface area contributed by atoms with E-state index in [1.54, 1.807) is 63.4 Å². The Morgan fingerprint density at radius 3 is 2.28 bits per heavy atom. The first-order valence-corrected chi connectivity index (χ1v) is 12.1. The van der Waals surface area contributed by atoms with Crippen molar-refractivity contribution in [1.29, 1.82) is 0 Å². The molecule has 10 heteroatoms. The highest BCUT2D eigenvalue weighted by molar-refractivity contribution is 7.92. The van der Waals surface area contributed by atoms with Crippen LogP contribution in [0.5, 0.6) is 5.75 Å². The summed E-state index contributed by atoms with van der Waals surface area (Å²) in [5, 5.41) is 2.99. The lowest BCUT2D eigenvalue weighted by molar-refractivity contribution is -0.139. The van der Waals surface area contributed by atoms with Gasteiger partial charge in [0.1, 0.15) is 18.3 Å². The van der Waals surface area contributed by atoms with Crippen molar-refractivity contribution >= 4 is 39.1 Å².